The number of ether oxygens (including phenoxy) is 1. The van der Waals surface area contributed by atoms with Crippen molar-refractivity contribution in [3.63, 3.8) is 0 Å². The summed E-state index contributed by atoms with van der Waals surface area (Å²) in [6, 6.07) is 7.75. The van der Waals surface area contributed by atoms with E-state index in [-0.39, 0.29) is 17.3 Å². The molecule has 5 heteroatoms. The van der Waals surface area contributed by atoms with E-state index < -0.39 is 5.97 Å². The van der Waals surface area contributed by atoms with Gasteiger partial charge in [-0.15, -0.1) is 0 Å². The lowest BCUT2D eigenvalue weighted by Crippen LogP contribution is -2.30. The van der Waals surface area contributed by atoms with E-state index in [4.69, 9.17) is 9.84 Å². The minimum absolute atomic E-state index is 0.0150. The zero-order valence-electron chi connectivity index (χ0n) is 12.5. The molecule has 0 radical (unpaired) electrons. The zero-order chi connectivity index (χ0) is 15.2. The van der Waals surface area contributed by atoms with E-state index in [2.05, 4.69) is 26.1 Å². The van der Waals surface area contributed by atoms with Gasteiger partial charge in [-0.05, 0) is 17.7 Å². The second-order valence-corrected chi connectivity index (χ2v) is 7.37. The van der Waals surface area contributed by atoms with E-state index in [1.807, 2.05) is 36.0 Å². The normalized spacial score (nSPS) is 13.0. The van der Waals surface area contributed by atoms with Crippen molar-refractivity contribution in [2.24, 2.45) is 0 Å². The second kappa shape index (κ2) is 7.55. The molecule has 0 aliphatic carbocycles. The van der Waals surface area contributed by atoms with Crippen LogP contribution in [0.15, 0.2) is 24.3 Å². The molecule has 0 fully saturated rings. The maximum absolute atomic E-state index is 10.7. The third-order valence-electron chi connectivity index (χ3n) is 2.70. The lowest BCUT2D eigenvalue weighted by Gasteiger charge is -2.24. The van der Waals surface area contributed by atoms with Crippen molar-refractivity contribution in [1.82, 2.24) is 5.32 Å². The van der Waals surface area contributed by atoms with Crippen LogP contribution in [0.4, 0.5) is 0 Å². The predicted molar refractivity (Wildman–Crippen MR) is 83.6 cm³/mol. The summed E-state index contributed by atoms with van der Waals surface area (Å²) in [5.41, 5.74) is 1.07. The van der Waals surface area contributed by atoms with Crippen molar-refractivity contribution in [2.45, 2.75) is 31.6 Å². The average Bonchev–Trinajstić information content (AvgIpc) is 2.37. The maximum atomic E-state index is 10.7. The molecule has 1 atom stereocenters. The fourth-order valence-electron chi connectivity index (χ4n) is 1.65. The Kier molecular flexibility index (Phi) is 6.36. The highest BCUT2D eigenvalue weighted by Gasteiger charge is 2.17. The van der Waals surface area contributed by atoms with E-state index in [0.717, 1.165) is 17.1 Å². The fraction of sp³-hybridized carbons (Fsp3) is 0.533. The Morgan fingerprint density at radius 1 is 1.35 bits per heavy atom. The monoisotopic (exact) mass is 297 g/mol. The molecule has 1 unspecified atom stereocenters. The van der Waals surface area contributed by atoms with E-state index >= 15 is 0 Å². The first-order valence-corrected chi connectivity index (χ1v) is 7.53. The Balaban J connectivity index is 2.76. The molecule has 0 saturated carbocycles. The summed E-state index contributed by atoms with van der Waals surface area (Å²) in [4.78, 5) is 10.7. The van der Waals surface area contributed by atoms with Crippen molar-refractivity contribution in [3.05, 3.63) is 29.8 Å². The molecule has 1 aromatic rings. The van der Waals surface area contributed by atoms with E-state index in [9.17, 15) is 4.79 Å². The summed E-state index contributed by atoms with van der Waals surface area (Å²) in [5.74, 6) is 0.779. The number of carboxylic acid groups (broad SMARTS) is 1. The van der Waals surface area contributed by atoms with Gasteiger partial charge in [0.15, 0.2) is 0 Å². The van der Waals surface area contributed by atoms with E-state index in [1.165, 1.54) is 0 Å². The number of carboxylic acids is 1. The van der Waals surface area contributed by atoms with Crippen LogP contribution in [0.2, 0.25) is 0 Å². The topological polar surface area (TPSA) is 58.6 Å². The van der Waals surface area contributed by atoms with Gasteiger partial charge in [0, 0.05) is 16.5 Å². The van der Waals surface area contributed by atoms with Gasteiger partial charge >= 0.3 is 5.97 Å². The Morgan fingerprint density at radius 3 is 2.40 bits per heavy atom. The van der Waals surface area contributed by atoms with Crippen molar-refractivity contribution in [2.75, 3.05) is 19.4 Å². The summed E-state index contributed by atoms with van der Waals surface area (Å²) in [7, 11) is 1.63. The lowest BCUT2D eigenvalue weighted by molar-refractivity contribution is -0.136. The highest BCUT2D eigenvalue weighted by Crippen LogP contribution is 2.29. The summed E-state index contributed by atoms with van der Waals surface area (Å²) >= 11 is 1.81. The van der Waals surface area contributed by atoms with Crippen LogP contribution < -0.4 is 10.1 Å². The number of hydrogen-bond acceptors (Lipinski definition) is 4. The number of carbonyl (C=O) groups is 1. The van der Waals surface area contributed by atoms with Crippen molar-refractivity contribution < 1.29 is 14.6 Å². The summed E-state index contributed by atoms with van der Waals surface area (Å²) < 4.78 is 5.29. The summed E-state index contributed by atoms with van der Waals surface area (Å²) in [5, 5.41) is 11.9. The first kappa shape index (κ1) is 16.9. The molecule has 2 N–H and O–H groups in total. The number of aliphatic carboxylic acids is 1. The van der Waals surface area contributed by atoms with Crippen LogP contribution in [0.1, 0.15) is 32.4 Å². The summed E-state index contributed by atoms with van der Waals surface area (Å²) in [6.45, 7) is 6.42. The molecular weight excluding hydrogens is 274 g/mol. The number of benzene rings is 1. The molecular formula is C15H23NO3S. The quantitative estimate of drug-likeness (QED) is 0.810. The Morgan fingerprint density at radius 2 is 1.95 bits per heavy atom. The van der Waals surface area contributed by atoms with Gasteiger partial charge in [-0.3, -0.25) is 10.1 Å². The minimum atomic E-state index is -0.843. The Bertz CT molecular complexity index is 426. The van der Waals surface area contributed by atoms with Crippen molar-refractivity contribution in [1.29, 1.82) is 0 Å². The zero-order valence-corrected chi connectivity index (χ0v) is 13.3. The van der Waals surface area contributed by atoms with Gasteiger partial charge in [-0.25, -0.2) is 0 Å². The van der Waals surface area contributed by atoms with Gasteiger partial charge in [0.25, 0.3) is 0 Å². The van der Waals surface area contributed by atoms with E-state index in [1.54, 1.807) is 7.11 Å². The molecule has 0 heterocycles. The first-order chi connectivity index (χ1) is 9.31. The van der Waals surface area contributed by atoms with Crippen LogP contribution in [0.25, 0.3) is 0 Å². The molecule has 0 aromatic heterocycles. The standard InChI is InChI=1S/C15H23NO3S/c1-15(2,3)20-10-13(16-9-14(17)18)11-5-7-12(19-4)8-6-11/h5-8,13,16H,9-10H2,1-4H3,(H,17,18). The molecule has 0 aliphatic heterocycles. The van der Waals surface area contributed by atoms with Crippen molar-refractivity contribution >= 4 is 17.7 Å². The molecule has 0 spiro atoms. The van der Waals surface area contributed by atoms with Gasteiger partial charge in [-0.1, -0.05) is 32.9 Å². The SMILES string of the molecule is COc1ccc(C(CSC(C)(C)C)NCC(=O)O)cc1. The van der Waals surface area contributed by atoms with Gasteiger partial charge in [0.2, 0.25) is 0 Å². The number of hydrogen-bond donors (Lipinski definition) is 2. The molecule has 4 nitrogen and oxygen atoms in total. The molecule has 0 saturated heterocycles. The first-order valence-electron chi connectivity index (χ1n) is 6.55. The molecule has 112 valence electrons. The third-order valence-corrected chi connectivity index (χ3v) is 4.07. The number of nitrogens with one attached hydrogen (secondary N) is 1. The third kappa shape index (κ3) is 6.30. The lowest BCUT2D eigenvalue weighted by atomic mass is 10.1. The molecule has 0 bridgehead atoms. The Labute approximate surface area is 124 Å². The smallest absolute Gasteiger partial charge is 0.317 e. The van der Waals surface area contributed by atoms with Crippen LogP contribution in [-0.2, 0) is 4.79 Å². The molecule has 20 heavy (non-hydrogen) atoms. The maximum Gasteiger partial charge on any atom is 0.317 e. The largest absolute Gasteiger partial charge is 0.497 e. The average molecular weight is 297 g/mol. The van der Waals surface area contributed by atoms with Crippen LogP contribution in [0, 0.1) is 0 Å². The highest BCUT2D eigenvalue weighted by molar-refractivity contribution is 8.00. The van der Waals surface area contributed by atoms with Crippen LogP contribution in [0.5, 0.6) is 5.75 Å². The van der Waals surface area contributed by atoms with Gasteiger partial charge in [0.05, 0.1) is 13.7 Å². The van der Waals surface area contributed by atoms with Crippen molar-refractivity contribution in [3.8, 4) is 5.75 Å². The van der Waals surface area contributed by atoms with Crippen LogP contribution in [0.3, 0.4) is 0 Å². The minimum Gasteiger partial charge on any atom is -0.497 e. The van der Waals surface area contributed by atoms with Gasteiger partial charge in [-0.2, -0.15) is 11.8 Å². The van der Waals surface area contributed by atoms with E-state index in [0.29, 0.717) is 0 Å². The fourth-order valence-corrected chi connectivity index (χ4v) is 2.63. The number of rotatable bonds is 7. The molecule has 1 aromatic carbocycles. The number of methoxy groups -OCH3 is 1. The van der Waals surface area contributed by atoms with Crippen LogP contribution >= 0.6 is 11.8 Å². The number of thioether (sulfide) groups is 1. The highest BCUT2D eigenvalue weighted by atomic mass is 32.2. The summed E-state index contributed by atoms with van der Waals surface area (Å²) in [6.07, 6.45) is 0. The predicted octanol–water partition coefficient (Wildman–Crippen LogP) is 2.94. The van der Waals surface area contributed by atoms with Gasteiger partial charge < -0.3 is 9.84 Å². The Hall–Kier alpha value is -1.20. The molecule has 0 amide bonds. The van der Waals surface area contributed by atoms with Gasteiger partial charge in [0.1, 0.15) is 5.75 Å². The van der Waals surface area contributed by atoms with Crippen LogP contribution in [-0.4, -0.2) is 35.2 Å². The molecule has 0 aliphatic rings. The second-order valence-electron chi connectivity index (χ2n) is 5.52. The molecule has 1 rings (SSSR count).